The van der Waals surface area contributed by atoms with Crippen molar-refractivity contribution in [2.24, 2.45) is 0 Å². The van der Waals surface area contributed by atoms with Gasteiger partial charge < -0.3 is 10.4 Å². The van der Waals surface area contributed by atoms with E-state index in [-0.39, 0.29) is 5.91 Å². The SMILES string of the molecule is CCc1sc(C(=O)NC(C(=O)O)c2cccs2)cc1C. The van der Waals surface area contributed by atoms with E-state index in [1.54, 1.807) is 17.5 Å². The normalized spacial score (nSPS) is 12.1. The zero-order valence-corrected chi connectivity index (χ0v) is 12.8. The molecule has 0 aromatic carbocycles. The standard InChI is InChI=1S/C14H15NO3S2/c1-3-9-8(2)7-11(20-9)13(16)15-12(14(17)18)10-5-4-6-19-10/h4-7,12H,3H2,1-2H3,(H,15,16)(H,17,18). The van der Waals surface area contributed by atoms with Crippen molar-refractivity contribution in [2.45, 2.75) is 26.3 Å². The van der Waals surface area contributed by atoms with Crippen molar-refractivity contribution in [1.82, 2.24) is 5.32 Å². The maximum Gasteiger partial charge on any atom is 0.331 e. The highest BCUT2D eigenvalue weighted by Gasteiger charge is 2.24. The second kappa shape index (κ2) is 6.19. The Morgan fingerprint density at radius 3 is 2.70 bits per heavy atom. The smallest absolute Gasteiger partial charge is 0.331 e. The van der Waals surface area contributed by atoms with Gasteiger partial charge in [-0.1, -0.05) is 13.0 Å². The van der Waals surface area contributed by atoms with Gasteiger partial charge in [0.25, 0.3) is 5.91 Å². The molecule has 0 saturated heterocycles. The predicted molar refractivity (Wildman–Crippen MR) is 80.6 cm³/mol. The highest BCUT2D eigenvalue weighted by molar-refractivity contribution is 7.14. The molecule has 0 aliphatic rings. The molecule has 0 aliphatic carbocycles. The molecule has 6 heteroatoms. The van der Waals surface area contributed by atoms with Crippen molar-refractivity contribution in [2.75, 3.05) is 0 Å². The molecule has 1 atom stereocenters. The van der Waals surface area contributed by atoms with E-state index in [1.165, 1.54) is 22.7 Å². The Bertz CT molecular complexity index is 616. The third kappa shape index (κ3) is 3.08. The molecule has 1 unspecified atom stereocenters. The molecule has 0 radical (unpaired) electrons. The van der Waals surface area contributed by atoms with Crippen LogP contribution in [0.15, 0.2) is 23.6 Å². The van der Waals surface area contributed by atoms with Gasteiger partial charge in [0.05, 0.1) is 4.88 Å². The first-order valence-corrected chi connectivity index (χ1v) is 7.89. The Morgan fingerprint density at radius 1 is 1.45 bits per heavy atom. The molecule has 4 nitrogen and oxygen atoms in total. The van der Waals surface area contributed by atoms with E-state index in [4.69, 9.17) is 0 Å². The van der Waals surface area contributed by atoms with Gasteiger partial charge in [0, 0.05) is 9.75 Å². The highest BCUT2D eigenvalue weighted by Crippen LogP contribution is 2.24. The molecule has 0 spiro atoms. The van der Waals surface area contributed by atoms with E-state index in [2.05, 4.69) is 5.32 Å². The molecule has 0 saturated carbocycles. The summed E-state index contributed by atoms with van der Waals surface area (Å²) in [5.41, 5.74) is 1.07. The first kappa shape index (κ1) is 14.7. The van der Waals surface area contributed by atoms with E-state index >= 15 is 0 Å². The van der Waals surface area contributed by atoms with Crippen molar-refractivity contribution in [3.63, 3.8) is 0 Å². The maximum atomic E-state index is 12.2. The summed E-state index contributed by atoms with van der Waals surface area (Å²) in [5, 5.41) is 13.6. The van der Waals surface area contributed by atoms with Gasteiger partial charge in [-0.15, -0.1) is 22.7 Å². The first-order valence-electron chi connectivity index (χ1n) is 6.19. The second-order valence-electron chi connectivity index (χ2n) is 4.33. The average Bonchev–Trinajstić information content (AvgIpc) is 3.04. The average molecular weight is 309 g/mol. The fourth-order valence-electron chi connectivity index (χ4n) is 1.90. The molecule has 20 heavy (non-hydrogen) atoms. The summed E-state index contributed by atoms with van der Waals surface area (Å²) in [5.74, 6) is -1.39. The molecule has 1 amide bonds. The van der Waals surface area contributed by atoms with Crippen LogP contribution < -0.4 is 5.32 Å². The molecule has 2 aromatic heterocycles. The van der Waals surface area contributed by atoms with E-state index in [0.29, 0.717) is 9.75 Å². The van der Waals surface area contributed by atoms with Crippen LogP contribution in [-0.4, -0.2) is 17.0 Å². The maximum absolute atomic E-state index is 12.2. The van der Waals surface area contributed by atoms with Crippen LogP contribution in [0.4, 0.5) is 0 Å². The number of aryl methyl sites for hydroxylation is 2. The van der Waals surface area contributed by atoms with Crippen molar-refractivity contribution in [3.8, 4) is 0 Å². The van der Waals surface area contributed by atoms with E-state index in [0.717, 1.165) is 16.9 Å². The fraction of sp³-hybridized carbons (Fsp3) is 0.286. The van der Waals surface area contributed by atoms with Crippen LogP contribution in [0.1, 0.15) is 38.0 Å². The zero-order valence-electron chi connectivity index (χ0n) is 11.2. The monoisotopic (exact) mass is 309 g/mol. The first-order chi connectivity index (χ1) is 9.52. The van der Waals surface area contributed by atoms with Gasteiger partial charge in [0.15, 0.2) is 6.04 Å². The third-order valence-electron chi connectivity index (χ3n) is 2.92. The number of amides is 1. The number of hydrogen-bond donors (Lipinski definition) is 2. The van der Waals surface area contributed by atoms with Gasteiger partial charge in [-0.25, -0.2) is 4.79 Å². The summed E-state index contributed by atoms with van der Waals surface area (Å²) in [6.07, 6.45) is 0.872. The topological polar surface area (TPSA) is 66.4 Å². The molecule has 2 heterocycles. The zero-order chi connectivity index (χ0) is 14.7. The lowest BCUT2D eigenvalue weighted by molar-refractivity contribution is -0.139. The predicted octanol–water partition coefficient (Wildman–Crippen LogP) is 3.24. The van der Waals surface area contributed by atoms with Crippen LogP contribution in [0, 0.1) is 6.92 Å². The molecule has 0 bridgehead atoms. The fourth-order valence-corrected chi connectivity index (χ4v) is 3.68. The van der Waals surface area contributed by atoms with Gasteiger partial charge in [-0.2, -0.15) is 0 Å². The minimum absolute atomic E-state index is 0.335. The number of carbonyl (C=O) groups excluding carboxylic acids is 1. The lowest BCUT2D eigenvalue weighted by Crippen LogP contribution is -2.32. The number of hydrogen-bond acceptors (Lipinski definition) is 4. The lowest BCUT2D eigenvalue weighted by Gasteiger charge is -2.11. The van der Waals surface area contributed by atoms with Crippen LogP contribution >= 0.6 is 22.7 Å². The minimum atomic E-state index is -1.05. The van der Waals surface area contributed by atoms with E-state index in [1.807, 2.05) is 19.9 Å². The molecule has 106 valence electrons. The number of nitrogens with one attached hydrogen (secondary N) is 1. The van der Waals surface area contributed by atoms with Crippen LogP contribution in [-0.2, 0) is 11.2 Å². The number of rotatable bonds is 5. The quantitative estimate of drug-likeness (QED) is 0.891. The van der Waals surface area contributed by atoms with Crippen LogP contribution in [0.5, 0.6) is 0 Å². The van der Waals surface area contributed by atoms with Gasteiger partial charge in [0.1, 0.15) is 0 Å². The third-order valence-corrected chi connectivity index (χ3v) is 5.23. The Kier molecular flexibility index (Phi) is 4.57. The molecule has 2 rings (SSSR count). The van der Waals surface area contributed by atoms with Crippen LogP contribution in [0.2, 0.25) is 0 Å². The number of carboxylic acid groups (broad SMARTS) is 1. The summed E-state index contributed by atoms with van der Waals surface area (Å²) in [6.45, 7) is 3.99. The number of thiophene rings is 2. The highest BCUT2D eigenvalue weighted by atomic mass is 32.1. The van der Waals surface area contributed by atoms with E-state index in [9.17, 15) is 14.7 Å². The Hall–Kier alpha value is -1.66. The van der Waals surface area contributed by atoms with Crippen molar-refractivity contribution < 1.29 is 14.7 Å². The van der Waals surface area contributed by atoms with Gasteiger partial charge in [0.2, 0.25) is 0 Å². The van der Waals surface area contributed by atoms with Crippen LogP contribution in [0.3, 0.4) is 0 Å². The number of aliphatic carboxylic acids is 1. The largest absolute Gasteiger partial charge is 0.479 e. The van der Waals surface area contributed by atoms with E-state index < -0.39 is 12.0 Å². The summed E-state index contributed by atoms with van der Waals surface area (Å²) in [7, 11) is 0. The molecular weight excluding hydrogens is 294 g/mol. The summed E-state index contributed by atoms with van der Waals surface area (Å²) < 4.78 is 0. The molecule has 0 aliphatic heterocycles. The van der Waals surface area contributed by atoms with Gasteiger partial charge in [-0.05, 0) is 36.4 Å². The Morgan fingerprint density at radius 2 is 2.20 bits per heavy atom. The van der Waals surface area contributed by atoms with Crippen molar-refractivity contribution >= 4 is 34.6 Å². The Balaban J connectivity index is 2.18. The second-order valence-corrected chi connectivity index (χ2v) is 6.45. The summed E-state index contributed by atoms with van der Waals surface area (Å²) in [6, 6.07) is 4.30. The summed E-state index contributed by atoms with van der Waals surface area (Å²) in [4.78, 5) is 25.8. The van der Waals surface area contributed by atoms with Gasteiger partial charge in [-0.3, -0.25) is 4.79 Å². The summed E-state index contributed by atoms with van der Waals surface area (Å²) >= 11 is 2.73. The number of carbonyl (C=O) groups is 2. The molecule has 0 fully saturated rings. The Labute approximate surface area is 125 Å². The van der Waals surface area contributed by atoms with Crippen molar-refractivity contribution in [3.05, 3.63) is 43.8 Å². The molecular formula is C14H15NO3S2. The number of carboxylic acids is 1. The lowest BCUT2D eigenvalue weighted by atomic mass is 10.2. The molecule has 2 aromatic rings. The van der Waals surface area contributed by atoms with Crippen LogP contribution in [0.25, 0.3) is 0 Å². The minimum Gasteiger partial charge on any atom is -0.479 e. The van der Waals surface area contributed by atoms with Gasteiger partial charge >= 0.3 is 5.97 Å². The molecule has 2 N–H and O–H groups in total. The van der Waals surface area contributed by atoms with Crippen molar-refractivity contribution in [1.29, 1.82) is 0 Å².